The Hall–Kier alpha value is -1.55. The number of aliphatic hydroxyl groups is 1. The molecule has 0 aliphatic carbocycles. The van der Waals surface area contributed by atoms with Crippen LogP contribution in [-0.4, -0.2) is 33.8 Å². The number of hydrogen-bond donors (Lipinski definition) is 2. The van der Waals surface area contributed by atoms with Crippen LogP contribution in [0.5, 0.6) is 0 Å². The van der Waals surface area contributed by atoms with E-state index in [1.54, 1.807) is 0 Å². The van der Waals surface area contributed by atoms with Gasteiger partial charge in [-0.2, -0.15) is 0 Å². The summed E-state index contributed by atoms with van der Waals surface area (Å²) in [6, 6.07) is 7.81. The molecule has 1 aromatic carbocycles. The third kappa shape index (κ3) is 2.42. The molecule has 0 bridgehead atoms. The number of likely N-dealkylation sites (tertiary alicyclic amines) is 1. The molecule has 17 heavy (non-hydrogen) atoms. The van der Waals surface area contributed by atoms with Crippen molar-refractivity contribution in [3.8, 4) is 0 Å². The van der Waals surface area contributed by atoms with Gasteiger partial charge in [-0.3, -0.25) is 0 Å². The van der Waals surface area contributed by atoms with Gasteiger partial charge in [0.1, 0.15) is 0 Å². The van der Waals surface area contributed by atoms with Gasteiger partial charge in [0, 0.05) is 18.5 Å². The van der Waals surface area contributed by atoms with Crippen LogP contribution >= 0.6 is 0 Å². The Labute approximate surface area is 100 Å². The SMILES string of the molecule is CC1CC(c2cccc(CO)c2)CN1C(=O)O. The van der Waals surface area contributed by atoms with E-state index in [0.717, 1.165) is 17.5 Å². The fraction of sp³-hybridized carbons (Fsp3) is 0.462. The lowest BCUT2D eigenvalue weighted by atomic mass is 9.95. The number of hydrogen-bond acceptors (Lipinski definition) is 2. The molecule has 0 aromatic heterocycles. The largest absolute Gasteiger partial charge is 0.465 e. The minimum Gasteiger partial charge on any atom is -0.465 e. The van der Waals surface area contributed by atoms with E-state index in [0.29, 0.717) is 6.54 Å². The fourth-order valence-corrected chi connectivity index (χ4v) is 2.48. The number of amides is 1. The first-order valence-corrected chi connectivity index (χ1v) is 5.81. The molecule has 0 spiro atoms. The average Bonchev–Trinajstić information content (AvgIpc) is 2.71. The molecular formula is C13H17NO3. The molecule has 1 aliphatic heterocycles. The van der Waals surface area contributed by atoms with Crippen molar-refractivity contribution >= 4 is 6.09 Å². The van der Waals surface area contributed by atoms with E-state index < -0.39 is 6.09 Å². The van der Waals surface area contributed by atoms with Crippen LogP contribution in [0.25, 0.3) is 0 Å². The lowest BCUT2D eigenvalue weighted by molar-refractivity contribution is 0.143. The fourth-order valence-electron chi connectivity index (χ4n) is 2.48. The third-order valence-corrected chi connectivity index (χ3v) is 3.43. The highest BCUT2D eigenvalue weighted by Gasteiger charge is 2.32. The van der Waals surface area contributed by atoms with Crippen LogP contribution in [0, 0.1) is 0 Å². The predicted octanol–water partition coefficient (Wildman–Crippen LogP) is 2.03. The lowest BCUT2D eigenvalue weighted by Gasteiger charge is -2.16. The molecule has 1 heterocycles. The van der Waals surface area contributed by atoms with Crippen LogP contribution in [0.2, 0.25) is 0 Å². The maximum Gasteiger partial charge on any atom is 0.407 e. The molecule has 4 nitrogen and oxygen atoms in total. The Morgan fingerprint density at radius 1 is 1.53 bits per heavy atom. The van der Waals surface area contributed by atoms with Crippen molar-refractivity contribution in [2.45, 2.75) is 31.9 Å². The zero-order valence-corrected chi connectivity index (χ0v) is 9.84. The van der Waals surface area contributed by atoms with Crippen LogP contribution in [0.15, 0.2) is 24.3 Å². The van der Waals surface area contributed by atoms with Crippen molar-refractivity contribution < 1.29 is 15.0 Å². The van der Waals surface area contributed by atoms with Crippen LogP contribution in [0.3, 0.4) is 0 Å². The smallest absolute Gasteiger partial charge is 0.407 e. The Balaban J connectivity index is 2.16. The van der Waals surface area contributed by atoms with Gasteiger partial charge in [0.15, 0.2) is 0 Å². The molecule has 2 rings (SSSR count). The van der Waals surface area contributed by atoms with Crippen molar-refractivity contribution in [3.05, 3.63) is 35.4 Å². The van der Waals surface area contributed by atoms with Crippen molar-refractivity contribution in [2.75, 3.05) is 6.54 Å². The zero-order chi connectivity index (χ0) is 12.4. The van der Waals surface area contributed by atoms with E-state index in [4.69, 9.17) is 10.2 Å². The highest BCUT2D eigenvalue weighted by atomic mass is 16.4. The van der Waals surface area contributed by atoms with Crippen molar-refractivity contribution in [1.29, 1.82) is 0 Å². The number of aliphatic hydroxyl groups excluding tert-OH is 1. The minimum atomic E-state index is -0.849. The van der Waals surface area contributed by atoms with Gasteiger partial charge in [0.05, 0.1) is 6.61 Å². The summed E-state index contributed by atoms with van der Waals surface area (Å²) < 4.78 is 0. The molecule has 0 radical (unpaired) electrons. The second-order valence-corrected chi connectivity index (χ2v) is 4.62. The minimum absolute atomic E-state index is 0.0265. The van der Waals surface area contributed by atoms with E-state index >= 15 is 0 Å². The number of rotatable bonds is 2. The summed E-state index contributed by atoms with van der Waals surface area (Å²) in [5.74, 6) is 0.243. The number of carbonyl (C=O) groups is 1. The van der Waals surface area contributed by atoms with Gasteiger partial charge in [0.2, 0.25) is 0 Å². The first-order valence-electron chi connectivity index (χ1n) is 5.81. The van der Waals surface area contributed by atoms with E-state index in [9.17, 15) is 4.79 Å². The highest BCUT2D eigenvalue weighted by molar-refractivity contribution is 5.66. The van der Waals surface area contributed by atoms with Gasteiger partial charge in [0.25, 0.3) is 0 Å². The molecule has 1 aliphatic rings. The molecule has 2 N–H and O–H groups in total. The molecule has 1 aromatic rings. The summed E-state index contributed by atoms with van der Waals surface area (Å²) in [6.45, 7) is 2.51. The van der Waals surface area contributed by atoms with Gasteiger partial charge in [-0.15, -0.1) is 0 Å². The molecule has 4 heteroatoms. The quantitative estimate of drug-likeness (QED) is 0.824. The maximum atomic E-state index is 11.0. The van der Waals surface area contributed by atoms with E-state index in [1.807, 2.05) is 31.2 Å². The van der Waals surface area contributed by atoms with Gasteiger partial charge in [-0.05, 0) is 24.5 Å². The van der Waals surface area contributed by atoms with Gasteiger partial charge < -0.3 is 15.1 Å². The average molecular weight is 235 g/mol. The summed E-state index contributed by atoms with van der Waals surface area (Å²) in [7, 11) is 0. The maximum absolute atomic E-state index is 11.0. The molecule has 2 unspecified atom stereocenters. The second kappa shape index (κ2) is 4.75. The van der Waals surface area contributed by atoms with Crippen LogP contribution in [0.1, 0.15) is 30.4 Å². The number of benzene rings is 1. The predicted molar refractivity (Wildman–Crippen MR) is 63.9 cm³/mol. The molecular weight excluding hydrogens is 218 g/mol. The van der Waals surface area contributed by atoms with Gasteiger partial charge in [-0.25, -0.2) is 4.79 Å². The Morgan fingerprint density at radius 3 is 2.88 bits per heavy atom. The zero-order valence-electron chi connectivity index (χ0n) is 9.84. The Bertz CT molecular complexity index is 419. The van der Waals surface area contributed by atoms with Crippen LogP contribution in [0.4, 0.5) is 4.79 Å². The Kier molecular flexibility index (Phi) is 3.33. The van der Waals surface area contributed by atoms with Crippen molar-refractivity contribution in [2.24, 2.45) is 0 Å². The topological polar surface area (TPSA) is 60.8 Å². The second-order valence-electron chi connectivity index (χ2n) is 4.62. The van der Waals surface area contributed by atoms with Crippen molar-refractivity contribution in [1.82, 2.24) is 4.90 Å². The van der Waals surface area contributed by atoms with Gasteiger partial charge >= 0.3 is 6.09 Å². The monoisotopic (exact) mass is 235 g/mol. The first kappa shape index (κ1) is 11.9. The first-order chi connectivity index (χ1) is 8.11. The van der Waals surface area contributed by atoms with Crippen molar-refractivity contribution in [3.63, 3.8) is 0 Å². The summed E-state index contributed by atoms with van der Waals surface area (Å²) in [4.78, 5) is 12.5. The van der Waals surface area contributed by atoms with E-state index in [1.165, 1.54) is 4.90 Å². The summed E-state index contributed by atoms with van der Waals surface area (Å²) in [5.41, 5.74) is 2.00. The van der Waals surface area contributed by atoms with E-state index in [2.05, 4.69) is 0 Å². The molecule has 1 amide bonds. The summed E-state index contributed by atoms with van der Waals surface area (Å²) in [6.07, 6.45) is -0.000390. The third-order valence-electron chi connectivity index (χ3n) is 3.43. The molecule has 2 atom stereocenters. The summed E-state index contributed by atoms with van der Waals surface area (Å²) in [5, 5.41) is 18.1. The van der Waals surface area contributed by atoms with Crippen LogP contribution in [-0.2, 0) is 6.61 Å². The normalized spacial score (nSPS) is 24.0. The number of carboxylic acid groups (broad SMARTS) is 1. The van der Waals surface area contributed by atoms with Crippen LogP contribution < -0.4 is 0 Å². The number of nitrogens with zero attached hydrogens (tertiary/aromatic N) is 1. The Morgan fingerprint density at radius 2 is 2.29 bits per heavy atom. The molecule has 1 saturated heterocycles. The van der Waals surface area contributed by atoms with Gasteiger partial charge in [-0.1, -0.05) is 24.3 Å². The standard InChI is InChI=1S/C13H17NO3/c1-9-5-12(7-14(9)13(16)17)11-4-2-3-10(6-11)8-15/h2-4,6,9,12,15H,5,7-8H2,1H3,(H,16,17). The molecule has 92 valence electrons. The molecule has 0 saturated carbocycles. The van der Waals surface area contributed by atoms with E-state index in [-0.39, 0.29) is 18.6 Å². The molecule has 1 fully saturated rings. The highest BCUT2D eigenvalue weighted by Crippen LogP contribution is 2.31. The summed E-state index contributed by atoms with van der Waals surface area (Å²) >= 11 is 0. The lowest BCUT2D eigenvalue weighted by Crippen LogP contribution is -2.32.